The quantitative estimate of drug-likeness (QED) is 0.659. The zero-order valence-corrected chi connectivity index (χ0v) is 8.72. The summed E-state index contributed by atoms with van der Waals surface area (Å²) in [6, 6.07) is 0. The summed E-state index contributed by atoms with van der Waals surface area (Å²) in [5, 5.41) is 3.16. The van der Waals surface area contributed by atoms with Crippen LogP contribution in [0.4, 0.5) is 0 Å². The molecule has 0 radical (unpaired) electrons. The fourth-order valence-electron chi connectivity index (χ4n) is 1.39. The first-order valence-electron chi connectivity index (χ1n) is 4.87. The molecule has 0 aromatic rings. The number of hydrogen-bond donors (Lipinski definition) is 1. The smallest absolute Gasteiger partial charge is 0.306 e. The summed E-state index contributed by atoms with van der Waals surface area (Å²) >= 11 is 0. The monoisotopic (exact) mass is 185 g/mol. The summed E-state index contributed by atoms with van der Waals surface area (Å²) in [6.07, 6.45) is 1.56. The van der Waals surface area contributed by atoms with Crippen LogP contribution in [0.1, 0.15) is 33.6 Å². The maximum absolute atomic E-state index is 11.4. The first-order chi connectivity index (χ1) is 5.97. The van der Waals surface area contributed by atoms with Crippen molar-refractivity contribution in [2.75, 3.05) is 13.1 Å². The second-order valence-corrected chi connectivity index (χ2v) is 4.84. The third kappa shape index (κ3) is 4.27. The van der Waals surface area contributed by atoms with Gasteiger partial charge in [0.25, 0.3) is 0 Å². The Bertz CT molecular complexity index is 178. The molecular formula is C10H19NO2. The second kappa shape index (κ2) is 4.09. The molecule has 1 unspecified atom stereocenters. The van der Waals surface area contributed by atoms with E-state index >= 15 is 0 Å². The van der Waals surface area contributed by atoms with Crippen molar-refractivity contribution in [1.82, 2.24) is 5.32 Å². The summed E-state index contributed by atoms with van der Waals surface area (Å²) in [4.78, 5) is 11.4. The van der Waals surface area contributed by atoms with Gasteiger partial charge in [0.15, 0.2) is 0 Å². The van der Waals surface area contributed by atoms with Crippen molar-refractivity contribution in [2.24, 2.45) is 5.41 Å². The third-order valence-electron chi connectivity index (χ3n) is 1.99. The van der Waals surface area contributed by atoms with Gasteiger partial charge in [-0.1, -0.05) is 20.8 Å². The van der Waals surface area contributed by atoms with Crippen LogP contribution in [0.2, 0.25) is 0 Å². The Labute approximate surface area is 79.8 Å². The van der Waals surface area contributed by atoms with Crippen molar-refractivity contribution in [2.45, 2.75) is 39.7 Å². The van der Waals surface area contributed by atoms with E-state index in [2.05, 4.69) is 5.32 Å². The summed E-state index contributed by atoms with van der Waals surface area (Å²) in [7, 11) is 0. The van der Waals surface area contributed by atoms with Crippen molar-refractivity contribution in [3.8, 4) is 0 Å². The molecule has 13 heavy (non-hydrogen) atoms. The maximum atomic E-state index is 11.4. The van der Waals surface area contributed by atoms with Crippen molar-refractivity contribution < 1.29 is 9.53 Å². The highest BCUT2D eigenvalue weighted by Crippen LogP contribution is 2.19. The lowest BCUT2D eigenvalue weighted by atomic mass is 9.92. The highest BCUT2D eigenvalue weighted by molar-refractivity contribution is 5.70. The van der Waals surface area contributed by atoms with E-state index in [1.54, 1.807) is 0 Å². The number of hydrogen-bond acceptors (Lipinski definition) is 3. The Morgan fingerprint density at radius 1 is 1.54 bits per heavy atom. The molecule has 0 bridgehead atoms. The van der Waals surface area contributed by atoms with E-state index in [-0.39, 0.29) is 17.5 Å². The van der Waals surface area contributed by atoms with Crippen LogP contribution in [-0.4, -0.2) is 25.2 Å². The van der Waals surface area contributed by atoms with E-state index in [0.29, 0.717) is 6.42 Å². The standard InChI is InChI=1S/C10H19NO2/c1-10(2,3)6-9(12)13-8-4-5-11-7-8/h8,11H,4-7H2,1-3H3. The van der Waals surface area contributed by atoms with Crippen molar-refractivity contribution >= 4 is 5.97 Å². The van der Waals surface area contributed by atoms with Crippen LogP contribution in [0.3, 0.4) is 0 Å². The second-order valence-electron chi connectivity index (χ2n) is 4.84. The molecular weight excluding hydrogens is 166 g/mol. The highest BCUT2D eigenvalue weighted by atomic mass is 16.5. The van der Waals surface area contributed by atoms with Crippen LogP contribution in [0, 0.1) is 5.41 Å². The number of rotatable bonds is 2. The lowest BCUT2D eigenvalue weighted by molar-refractivity contribution is -0.150. The van der Waals surface area contributed by atoms with Crippen LogP contribution < -0.4 is 5.32 Å². The van der Waals surface area contributed by atoms with Crippen LogP contribution in [0.5, 0.6) is 0 Å². The largest absolute Gasteiger partial charge is 0.461 e. The minimum absolute atomic E-state index is 0.0309. The highest BCUT2D eigenvalue weighted by Gasteiger charge is 2.22. The summed E-state index contributed by atoms with van der Waals surface area (Å²) < 4.78 is 5.29. The van der Waals surface area contributed by atoms with Crippen LogP contribution in [0.25, 0.3) is 0 Å². The van der Waals surface area contributed by atoms with Crippen molar-refractivity contribution in [3.63, 3.8) is 0 Å². The fraction of sp³-hybridized carbons (Fsp3) is 0.900. The molecule has 0 spiro atoms. The van der Waals surface area contributed by atoms with Gasteiger partial charge in [-0.2, -0.15) is 0 Å². The number of nitrogens with one attached hydrogen (secondary N) is 1. The van der Waals surface area contributed by atoms with E-state index < -0.39 is 0 Å². The number of ether oxygens (including phenoxy) is 1. The molecule has 3 heteroatoms. The van der Waals surface area contributed by atoms with Gasteiger partial charge in [0, 0.05) is 6.54 Å². The van der Waals surface area contributed by atoms with Gasteiger partial charge in [0.1, 0.15) is 6.10 Å². The molecule has 1 atom stereocenters. The Morgan fingerprint density at radius 2 is 2.23 bits per heavy atom. The van der Waals surface area contributed by atoms with Gasteiger partial charge in [-0.25, -0.2) is 0 Å². The summed E-state index contributed by atoms with van der Waals surface area (Å²) in [5.41, 5.74) is 0.0309. The molecule has 1 rings (SSSR count). The van der Waals surface area contributed by atoms with Crippen LogP contribution in [0.15, 0.2) is 0 Å². The van der Waals surface area contributed by atoms with E-state index in [1.807, 2.05) is 20.8 Å². The molecule has 0 aromatic heterocycles. The van der Waals surface area contributed by atoms with Crippen molar-refractivity contribution in [3.05, 3.63) is 0 Å². The molecule has 76 valence electrons. The van der Waals surface area contributed by atoms with E-state index in [9.17, 15) is 4.79 Å². The normalized spacial score (nSPS) is 23.2. The average molecular weight is 185 g/mol. The molecule has 0 saturated carbocycles. The zero-order valence-electron chi connectivity index (χ0n) is 8.72. The van der Waals surface area contributed by atoms with Crippen molar-refractivity contribution in [1.29, 1.82) is 0 Å². The minimum atomic E-state index is -0.0683. The SMILES string of the molecule is CC(C)(C)CC(=O)OC1CCNC1. The molecule has 1 N–H and O–H groups in total. The van der Waals surface area contributed by atoms with E-state index in [4.69, 9.17) is 4.74 Å². The lowest BCUT2D eigenvalue weighted by Crippen LogP contribution is -2.23. The first-order valence-corrected chi connectivity index (χ1v) is 4.87. The molecule has 1 fully saturated rings. The molecule has 1 aliphatic heterocycles. The summed E-state index contributed by atoms with van der Waals surface area (Å²) in [5.74, 6) is -0.0683. The van der Waals surface area contributed by atoms with E-state index in [0.717, 1.165) is 19.5 Å². The number of carbonyl (C=O) groups is 1. The Hall–Kier alpha value is -0.570. The molecule has 1 heterocycles. The average Bonchev–Trinajstić information content (AvgIpc) is 2.34. The molecule has 0 aliphatic carbocycles. The van der Waals surface area contributed by atoms with Crippen LogP contribution in [-0.2, 0) is 9.53 Å². The zero-order chi connectivity index (χ0) is 9.90. The Morgan fingerprint density at radius 3 is 2.69 bits per heavy atom. The van der Waals surface area contributed by atoms with E-state index in [1.165, 1.54) is 0 Å². The predicted octanol–water partition coefficient (Wildman–Crippen LogP) is 1.33. The topological polar surface area (TPSA) is 38.3 Å². The Balaban J connectivity index is 2.24. The molecule has 1 saturated heterocycles. The minimum Gasteiger partial charge on any atom is -0.461 e. The summed E-state index contributed by atoms with van der Waals surface area (Å²) in [6.45, 7) is 7.91. The van der Waals surface area contributed by atoms with Gasteiger partial charge < -0.3 is 10.1 Å². The lowest BCUT2D eigenvalue weighted by Gasteiger charge is -2.18. The number of carbonyl (C=O) groups excluding carboxylic acids is 1. The Kier molecular flexibility index (Phi) is 3.31. The molecule has 0 amide bonds. The predicted molar refractivity (Wildman–Crippen MR) is 51.4 cm³/mol. The molecule has 1 aliphatic rings. The van der Waals surface area contributed by atoms with Gasteiger partial charge >= 0.3 is 5.97 Å². The number of esters is 1. The molecule has 0 aromatic carbocycles. The van der Waals surface area contributed by atoms with Gasteiger partial charge in [0.2, 0.25) is 0 Å². The first kappa shape index (κ1) is 10.5. The van der Waals surface area contributed by atoms with Gasteiger partial charge in [-0.15, -0.1) is 0 Å². The van der Waals surface area contributed by atoms with Gasteiger partial charge in [-0.05, 0) is 18.4 Å². The van der Waals surface area contributed by atoms with Crippen LogP contribution >= 0.6 is 0 Å². The third-order valence-corrected chi connectivity index (χ3v) is 1.99. The van der Waals surface area contributed by atoms with Gasteiger partial charge in [0.05, 0.1) is 6.42 Å². The fourth-order valence-corrected chi connectivity index (χ4v) is 1.39. The maximum Gasteiger partial charge on any atom is 0.306 e. The van der Waals surface area contributed by atoms with Gasteiger partial charge in [-0.3, -0.25) is 4.79 Å². The molecule has 3 nitrogen and oxygen atoms in total.